The maximum Gasteiger partial charge on any atom is 0.321 e. The van der Waals surface area contributed by atoms with Crippen molar-refractivity contribution in [3.05, 3.63) is 65.8 Å². The molecule has 128 valence electrons. The number of benzene rings is 1. The standard InChI is InChI=1S/C18H18N4O2S/c1-18(12-23,14-5-3-2-4-6-14)22-16(24)21-17-20-15(11-25-17)13-7-9-19-10-8-13/h2-11,23H,12H2,1H3,(H2,20,21,22,24). The normalized spacial score (nSPS) is 13.0. The lowest BCUT2D eigenvalue weighted by molar-refractivity contribution is 0.176. The van der Waals surface area contributed by atoms with Gasteiger partial charge in [-0.2, -0.15) is 0 Å². The van der Waals surface area contributed by atoms with E-state index >= 15 is 0 Å². The van der Waals surface area contributed by atoms with Crippen molar-refractivity contribution < 1.29 is 9.90 Å². The summed E-state index contributed by atoms with van der Waals surface area (Å²) in [5.74, 6) is 0. The van der Waals surface area contributed by atoms with Crippen molar-refractivity contribution in [2.45, 2.75) is 12.5 Å². The number of carbonyl (C=O) groups excluding carboxylic acids is 1. The number of rotatable bonds is 5. The quantitative estimate of drug-likeness (QED) is 0.656. The number of urea groups is 1. The number of carbonyl (C=O) groups is 1. The van der Waals surface area contributed by atoms with Gasteiger partial charge in [0.05, 0.1) is 17.8 Å². The van der Waals surface area contributed by atoms with Gasteiger partial charge in [0.15, 0.2) is 5.13 Å². The SMILES string of the molecule is CC(CO)(NC(=O)Nc1nc(-c2ccncc2)cs1)c1ccccc1. The number of hydrogen-bond donors (Lipinski definition) is 3. The maximum absolute atomic E-state index is 12.3. The first kappa shape index (κ1) is 17.1. The zero-order chi connectivity index (χ0) is 17.7. The highest BCUT2D eigenvalue weighted by Crippen LogP contribution is 2.25. The Labute approximate surface area is 149 Å². The van der Waals surface area contributed by atoms with Crippen molar-refractivity contribution >= 4 is 22.5 Å². The van der Waals surface area contributed by atoms with Crippen LogP contribution >= 0.6 is 11.3 Å². The van der Waals surface area contributed by atoms with Crippen LogP contribution in [0.25, 0.3) is 11.3 Å². The zero-order valence-corrected chi connectivity index (χ0v) is 14.5. The Hall–Kier alpha value is -2.77. The molecule has 2 aromatic heterocycles. The zero-order valence-electron chi connectivity index (χ0n) is 13.6. The van der Waals surface area contributed by atoms with Crippen LogP contribution < -0.4 is 10.6 Å². The molecule has 0 spiro atoms. The molecule has 0 aliphatic carbocycles. The monoisotopic (exact) mass is 354 g/mol. The van der Waals surface area contributed by atoms with Gasteiger partial charge in [0, 0.05) is 23.3 Å². The number of thiazole rings is 1. The predicted molar refractivity (Wildman–Crippen MR) is 98.4 cm³/mol. The van der Waals surface area contributed by atoms with Gasteiger partial charge in [-0.1, -0.05) is 30.3 Å². The Kier molecular flexibility index (Phi) is 5.06. The lowest BCUT2D eigenvalue weighted by Gasteiger charge is -2.29. The van der Waals surface area contributed by atoms with Gasteiger partial charge in [0.1, 0.15) is 0 Å². The Balaban J connectivity index is 1.69. The van der Waals surface area contributed by atoms with Crippen LogP contribution in [-0.4, -0.2) is 27.7 Å². The minimum Gasteiger partial charge on any atom is -0.394 e. The third kappa shape index (κ3) is 4.01. The summed E-state index contributed by atoms with van der Waals surface area (Å²) in [5.41, 5.74) is 1.65. The van der Waals surface area contributed by atoms with Crippen LogP contribution in [0.15, 0.2) is 60.2 Å². The van der Waals surface area contributed by atoms with Crippen molar-refractivity contribution in [1.82, 2.24) is 15.3 Å². The molecule has 1 atom stereocenters. The number of aliphatic hydroxyl groups excluding tert-OH is 1. The molecule has 0 aliphatic rings. The number of aromatic nitrogens is 2. The summed E-state index contributed by atoms with van der Waals surface area (Å²) in [5, 5.41) is 17.6. The van der Waals surface area contributed by atoms with E-state index in [0.29, 0.717) is 5.13 Å². The summed E-state index contributed by atoms with van der Waals surface area (Å²) in [6.45, 7) is 1.55. The van der Waals surface area contributed by atoms with Crippen LogP contribution in [0, 0.1) is 0 Å². The molecule has 0 fully saturated rings. The molecule has 3 N–H and O–H groups in total. The van der Waals surface area contributed by atoms with E-state index in [0.717, 1.165) is 16.8 Å². The number of aliphatic hydroxyl groups is 1. The number of pyridine rings is 1. The average Bonchev–Trinajstić information content (AvgIpc) is 3.11. The smallest absolute Gasteiger partial charge is 0.321 e. The summed E-state index contributed by atoms with van der Waals surface area (Å²) in [4.78, 5) is 20.7. The van der Waals surface area contributed by atoms with Gasteiger partial charge in [-0.25, -0.2) is 9.78 Å². The van der Waals surface area contributed by atoms with Gasteiger partial charge in [-0.3, -0.25) is 10.3 Å². The minimum atomic E-state index is -0.878. The summed E-state index contributed by atoms with van der Waals surface area (Å²) in [7, 11) is 0. The van der Waals surface area contributed by atoms with Crippen LogP contribution in [0.4, 0.5) is 9.93 Å². The second-order valence-electron chi connectivity index (χ2n) is 5.71. The molecule has 2 amide bonds. The second-order valence-corrected chi connectivity index (χ2v) is 6.57. The molecule has 3 aromatic rings. The van der Waals surface area contributed by atoms with Gasteiger partial charge < -0.3 is 10.4 Å². The first-order valence-corrected chi connectivity index (χ1v) is 8.60. The van der Waals surface area contributed by atoms with E-state index in [2.05, 4.69) is 20.6 Å². The summed E-state index contributed by atoms with van der Waals surface area (Å²) >= 11 is 1.34. The lowest BCUT2D eigenvalue weighted by atomic mass is 9.93. The van der Waals surface area contributed by atoms with Crippen molar-refractivity contribution in [2.75, 3.05) is 11.9 Å². The van der Waals surface area contributed by atoms with Crippen molar-refractivity contribution in [3.8, 4) is 11.3 Å². The van der Waals surface area contributed by atoms with Crippen molar-refractivity contribution in [2.24, 2.45) is 0 Å². The molecule has 25 heavy (non-hydrogen) atoms. The fourth-order valence-corrected chi connectivity index (χ4v) is 3.09. The van der Waals surface area contributed by atoms with E-state index in [4.69, 9.17) is 0 Å². The molecular formula is C18H18N4O2S. The highest BCUT2D eigenvalue weighted by molar-refractivity contribution is 7.14. The molecule has 0 bridgehead atoms. The van der Waals surface area contributed by atoms with E-state index in [-0.39, 0.29) is 6.61 Å². The van der Waals surface area contributed by atoms with Crippen molar-refractivity contribution in [3.63, 3.8) is 0 Å². The Morgan fingerprint density at radius 2 is 1.92 bits per heavy atom. The van der Waals surface area contributed by atoms with E-state index in [1.54, 1.807) is 19.3 Å². The van der Waals surface area contributed by atoms with E-state index < -0.39 is 11.6 Å². The van der Waals surface area contributed by atoms with Crippen LogP contribution in [0.5, 0.6) is 0 Å². The van der Waals surface area contributed by atoms with Crippen LogP contribution in [-0.2, 0) is 5.54 Å². The van der Waals surface area contributed by atoms with E-state index in [1.165, 1.54) is 11.3 Å². The number of anilines is 1. The van der Waals surface area contributed by atoms with Crippen molar-refractivity contribution in [1.29, 1.82) is 0 Å². The largest absolute Gasteiger partial charge is 0.394 e. The first-order chi connectivity index (χ1) is 12.1. The number of amides is 2. The molecular weight excluding hydrogens is 336 g/mol. The van der Waals surface area contributed by atoms with Gasteiger partial charge >= 0.3 is 6.03 Å². The summed E-state index contributed by atoms with van der Waals surface area (Å²) in [6, 6.07) is 12.6. The number of nitrogens with zero attached hydrogens (tertiary/aromatic N) is 2. The summed E-state index contributed by atoms with van der Waals surface area (Å²) < 4.78 is 0. The molecule has 0 saturated heterocycles. The molecule has 1 unspecified atom stereocenters. The Morgan fingerprint density at radius 3 is 2.60 bits per heavy atom. The molecule has 0 aliphatic heterocycles. The fourth-order valence-electron chi connectivity index (χ4n) is 2.37. The highest BCUT2D eigenvalue weighted by atomic mass is 32.1. The van der Waals surface area contributed by atoms with Gasteiger partial charge in [0.2, 0.25) is 0 Å². The Morgan fingerprint density at radius 1 is 1.20 bits per heavy atom. The third-order valence-electron chi connectivity index (χ3n) is 3.82. The molecule has 7 heteroatoms. The molecule has 6 nitrogen and oxygen atoms in total. The van der Waals surface area contributed by atoms with E-state index in [1.807, 2.05) is 47.8 Å². The van der Waals surface area contributed by atoms with Crippen LogP contribution in [0.3, 0.4) is 0 Å². The first-order valence-electron chi connectivity index (χ1n) is 7.72. The van der Waals surface area contributed by atoms with Crippen LogP contribution in [0.2, 0.25) is 0 Å². The molecule has 3 rings (SSSR count). The van der Waals surface area contributed by atoms with Gasteiger partial charge in [-0.15, -0.1) is 11.3 Å². The minimum absolute atomic E-state index is 0.218. The lowest BCUT2D eigenvalue weighted by Crippen LogP contribution is -2.48. The number of nitrogens with one attached hydrogen (secondary N) is 2. The Bertz CT molecular complexity index is 839. The highest BCUT2D eigenvalue weighted by Gasteiger charge is 2.28. The molecule has 0 radical (unpaired) electrons. The van der Waals surface area contributed by atoms with Gasteiger partial charge in [0.25, 0.3) is 0 Å². The molecule has 1 aromatic carbocycles. The van der Waals surface area contributed by atoms with E-state index in [9.17, 15) is 9.90 Å². The predicted octanol–water partition coefficient (Wildman–Crippen LogP) is 3.23. The molecule has 2 heterocycles. The maximum atomic E-state index is 12.3. The number of hydrogen-bond acceptors (Lipinski definition) is 5. The fraction of sp³-hybridized carbons (Fsp3) is 0.167. The summed E-state index contributed by atoms with van der Waals surface area (Å²) in [6.07, 6.45) is 3.39. The third-order valence-corrected chi connectivity index (χ3v) is 4.58. The average molecular weight is 354 g/mol. The molecule has 0 saturated carbocycles. The van der Waals surface area contributed by atoms with Gasteiger partial charge in [-0.05, 0) is 24.6 Å². The van der Waals surface area contributed by atoms with Crippen LogP contribution in [0.1, 0.15) is 12.5 Å². The second kappa shape index (κ2) is 7.42. The topological polar surface area (TPSA) is 87.1 Å².